The predicted octanol–water partition coefficient (Wildman–Crippen LogP) is 2.93. The Hall–Kier alpha value is -3.33. The second kappa shape index (κ2) is 8.78. The van der Waals surface area contributed by atoms with E-state index in [4.69, 9.17) is 15.2 Å². The van der Waals surface area contributed by atoms with Crippen LogP contribution in [0, 0.1) is 5.82 Å². The minimum absolute atomic E-state index is 0.0222. The number of thioether (sulfide) groups is 1. The molecule has 1 saturated heterocycles. The fourth-order valence-electron chi connectivity index (χ4n) is 2.61. The Kier molecular flexibility index (Phi) is 6.18. The minimum Gasteiger partial charge on any atom is -0.493 e. The third-order valence-corrected chi connectivity index (χ3v) is 4.92. The van der Waals surface area contributed by atoms with Crippen LogP contribution in [-0.4, -0.2) is 35.6 Å². The largest absolute Gasteiger partial charge is 0.493 e. The van der Waals surface area contributed by atoms with Gasteiger partial charge in [-0.25, -0.2) is 4.39 Å². The highest BCUT2D eigenvalue weighted by Gasteiger charge is 2.35. The van der Waals surface area contributed by atoms with Crippen LogP contribution in [0.2, 0.25) is 0 Å². The van der Waals surface area contributed by atoms with E-state index in [2.05, 4.69) is 0 Å². The molecular weight excluding hydrogens is 399 g/mol. The molecule has 0 saturated carbocycles. The number of nitrogens with zero attached hydrogens (tertiary/aromatic N) is 1. The average Bonchev–Trinajstić information content (AvgIpc) is 2.95. The van der Waals surface area contributed by atoms with E-state index < -0.39 is 23.6 Å². The van der Waals surface area contributed by atoms with E-state index in [0.717, 1.165) is 16.7 Å². The molecule has 1 fully saturated rings. The summed E-state index contributed by atoms with van der Waals surface area (Å²) in [4.78, 5) is 36.1. The maximum Gasteiger partial charge on any atom is 0.294 e. The summed E-state index contributed by atoms with van der Waals surface area (Å²) in [7, 11) is 1.45. The van der Waals surface area contributed by atoms with Crippen LogP contribution in [0.25, 0.3) is 6.08 Å². The monoisotopic (exact) mass is 416 g/mol. The molecule has 9 heteroatoms. The van der Waals surface area contributed by atoms with Gasteiger partial charge >= 0.3 is 0 Å². The van der Waals surface area contributed by atoms with Gasteiger partial charge in [-0.2, -0.15) is 0 Å². The van der Waals surface area contributed by atoms with Gasteiger partial charge in [0.1, 0.15) is 19.0 Å². The van der Waals surface area contributed by atoms with Crippen LogP contribution in [0.3, 0.4) is 0 Å². The van der Waals surface area contributed by atoms with E-state index in [0.29, 0.717) is 22.6 Å². The summed E-state index contributed by atoms with van der Waals surface area (Å²) in [5, 5.41) is -0.558. The van der Waals surface area contributed by atoms with Gasteiger partial charge in [0.25, 0.3) is 11.1 Å². The molecule has 1 heterocycles. The maximum atomic E-state index is 13.7. The molecule has 3 rings (SSSR count). The van der Waals surface area contributed by atoms with E-state index >= 15 is 0 Å². The number of halogens is 1. The molecule has 0 unspecified atom stereocenters. The Morgan fingerprint density at radius 2 is 1.97 bits per heavy atom. The Morgan fingerprint density at radius 3 is 2.66 bits per heavy atom. The van der Waals surface area contributed by atoms with Gasteiger partial charge in [0.05, 0.1) is 12.0 Å². The lowest BCUT2D eigenvalue weighted by Gasteiger charge is -2.12. The lowest BCUT2D eigenvalue weighted by atomic mass is 10.1. The van der Waals surface area contributed by atoms with E-state index in [1.165, 1.54) is 19.3 Å². The number of nitrogens with two attached hydrogens (primary N) is 1. The number of benzene rings is 2. The van der Waals surface area contributed by atoms with Gasteiger partial charge in [0.15, 0.2) is 11.5 Å². The van der Waals surface area contributed by atoms with Crippen molar-refractivity contribution >= 4 is 34.9 Å². The molecule has 0 aliphatic carbocycles. The van der Waals surface area contributed by atoms with Gasteiger partial charge in [-0.1, -0.05) is 24.3 Å². The van der Waals surface area contributed by atoms with Crippen molar-refractivity contribution < 1.29 is 28.2 Å². The Balaban J connectivity index is 1.77. The zero-order valence-corrected chi connectivity index (χ0v) is 16.2. The summed E-state index contributed by atoms with van der Waals surface area (Å²) < 4.78 is 24.7. The normalized spacial score (nSPS) is 15.1. The number of hydrogen-bond acceptors (Lipinski definition) is 6. The Morgan fingerprint density at radius 1 is 1.21 bits per heavy atom. The highest BCUT2D eigenvalue weighted by Crippen LogP contribution is 2.34. The zero-order chi connectivity index (χ0) is 21.0. The van der Waals surface area contributed by atoms with Crippen molar-refractivity contribution in [3.63, 3.8) is 0 Å². The van der Waals surface area contributed by atoms with Gasteiger partial charge in [0, 0.05) is 5.56 Å². The van der Waals surface area contributed by atoms with E-state index in [1.54, 1.807) is 36.4 Å². The molecule has 29 heavy (non-hydrogen) atoms. The molecule has 1 aliphatic rings. The first-order chi connectivity index (χ1) is 13.9. The lowest BCUT2D eigenvalue weighted by Crippen LogP contribution is -2.36. The zero-order valence-electron chi connectivity index (χ0n) is 15.4. The van der Waals surface area contributed by atoms with Crippen molar-refractivity contribution in [3.8, 4) is 11.5 Å². The Bertz CT molecular complexity index is 1010. The third-order valence-electron chi connectivity index (χ3n) is 4.01. The van der Waals surface area contributed by atoms with Gasteiger partial charge < -0.3 is 15.2 Å². The highest BCUT2D eigenvalue weighted by atomic mass is 32.2. The quantitative estimate of drug-likeness (QED) is 0.697. The molecule has 0 bridgehead atoms. The standard InChI is InChI=1S/C20H17FN2O5S/c1-27-16-8-12(9-17-19(25)23(10-18(22)24)20(26)29-17)6-7-15(16)28-11-13-4-2-3-5-14(13)21/h2-9H,10-11H2,1H3,(H2,22,24)/b17-9-. The third kappa shape index (κ3) is 4.75. The fraction of sp³-hybridized carbons (Fsp3) is 0.150. The Labute approximate surface area is 170 Å². The van der Waals surface area contributed by atoms with Crippen molar-refractivity contribution in [2.45, 2.75) is 6.61 Å². The van der Waals surface area contributed by atoms with Crippen LogP contribution in [0.5, 0.6) is 11.5 Å². The van der Waals surface area contributed by atoms with Crippen LogP contribution in [-0.2, 0) is 16.2 Å². The number of carbonyl (C=O) groups excluding carboxylic acids is 3. The van der Waals surface area contributed by atoms with E-state index in [1.807, 2.05) is 0 Å². The smallest absolute Gasteiger partial charge is 0.294 e. The number of methoxy groups -OCH3 is 1. The molecule has 0 aromatic heterocycles. The van der Waals surface area contributed by atoms with Crippen molar-refractivity contribution in [1.29, 1.82) is 0 Å². The first-order valence-corrected chi connectivity index (χ1v) is 9.28. The number of primary amides is 1. The molecular formula is C20H17FN2O5S. The first-order valence-electron chi connectivity index (χ1n) is 8.47. The van der Waals surface area contributed by atoms with Crippen LogP contribution in [0.1, 0.15) is 11.1 Å². The molecule has 1 aliphatic heterocycles. The minimum atomic E-state index is -0.772. The summed E-state index contributed by atoms with van der Waals surface area (Å²) >= 11 is 0.722. The summed E-state index contributed by atoms with van der Waals surface area (Å²) in [6.07, 6.45) is 1.51. The molecule has 3 amide bonds. The number of imide groups is 1. The number of hydrogen-bond donors (Lipinski definition) is 1. The number of amides is 3. The van der Waals surface area contributed by atoms with Gasteiger partial charge in [-0.3, -0.25) is 19.3 Å². The number of rotatable bonds is 7. The highest BCUT2D eigenvalue weighted by molar-refractivity contribution is 8.18. The molecule has 0 atom stereocenters. The number of carbonyl (C=O) groups is 3. The molecule has 150 valence electrons. The maximum absolute atomic E-state index is 13.7. The molecule has 0 radical (unpaired) electrons. The molecule has 2 aromatic carbocycles. The van der Waals surface area contributed by atoms with Crippen LogP contribution >= 0.6 is 11.8 Å². The van der Waals surface area contributed by atoms with E-state index in [-0.39, 0.29) is 17.3 Å². The number of ether oxygens (including phenoxy) is 2. The molecule has 0 spiro atoms. The van der Waals surface area contributed by atoms with Crippen LogP contribution < -0.4 is 15.2 Å². The summed E-state index contributed by atoms with van der Waals surface area (Å²) in [6.45, 7) is -0.442. The average molecular weight is 416 g/mol. The van der Waals surface area contributed by atoms with Crippen LogP contribution in [0.4, 0.5) is 9.18 Å². The summed E-state index contributed by atoms with van der Waals surface area (Å²) in [6, 6.07) is 11.2. The predicted molar refractivity (Wildman–Crippen MR) is 106 cm³/mol. The lowest BCUT2D eigenvalue weighted by molar-refractivity contribution is -0.127. The van der Waals surface area contributed by atoms with Crippen molar-refractivity contribution in [3.05, 3.63) is 64.3 Å². The van der Waals surface area contributed by atoms with Crippen molar-refractivity contribution in [2.75, 3.05) is 13.7 Å². The molecule has 7 nitrogen and oxygen atoms in total. The SMILES string of the molecule is COc1cc(/C=C2\SC(=O)N(CC(N)=O)C2=O)ccc1OCc1ccccc1F. The van der Waals surface area contributed by atoms with Gasteiger partial charge in [-0.05, 0) is 41.6 Å². The van der Waals surface area contributed by atoms with Gasteiger partial charge in [0.2, 0.25) is 5.91 Å². The topological polar surface area (TPSA) is 98.9 Å². The molecule has 2 aromatic rings. The summed E-state index contributed by atoms with van der Waals surface area (Å²) in [5.41, 5.74) is 6.05. The first kappa shape index (κ1) is 20.4. The summed E-state index contributed by atoms with van der Waals surface area (Å²) in [5.74, 6) is -0.944. The van der Waals surface area contributed by atoms with E-state index in [9.17, 15) is 18.8 Å². The second-order valence-corrected chi connectivity index (χ2v) is 7.02. The second-order valence-electron chi connectivity index (χ2n) is 6.02. The van der Waals surface area contributed by atoms with Gasteiger partial charge in [-0.15, -0.1) is 0 Å². The van der Waals surface area contributed by atoms with Crippen molar-refractivity contribution in [2.24, 2.45) is 5.73 Å². The molecule has 2 N–H and O–H groups in total. The fourth-order valence-corrected chi connectivity index (χ4v) is 3.45. The van der Waals surface area contributed by atoms with Crippen molar-refractivity contribution in [1.82, 2.24) is 4.90 Å². The van der Waals surface area contributed by atoms with Crippen LogP contribution in [0.15, 0.2) is 47.4 Å².